The third-order valence-corrected chi connectivity index (χ3v) is 5.37. The van der Waals surface area contributed by atoms with Gasteiger partial charge in [-0.3, -0.25) is 4.90 Å². The minimum atomic E-state index is 0.746. The Hall–Kier alpha value is -0.740. The van der Waals surface area contributed by atoms with Gasteiger partial charge in [-0.2, -0.15) is 11.8 Å². The Labute approximate surface area is 126 Å². The van der Waals surface area contributed by atoms with Crippen LogP contribution in [0.1, 0.15) is 32.3 Å². The summed E-state index contributed by atoms with van der Waals surface area (Å²) in [7, 11) is 0. The fourth-order valence-corrected chi connectivity index (χ4v) is 4.70. The van der Waals surface area contributed by atoms with E-state index >= 15 is 0 Å². The van der Waals surface area contributed by atoms with Crippen molar-refractivity contribution in [3.8, 4) is 0 Å². The monoisotopic (exact) mass is 291 g/mol. The normalized spacial score (nSPS) is 28.0. The van der Waals surface area contributed by atoms with E-state index in [1.807, 2.05) is 0 Å². The van der Waals surface area contributed by atoms with Crippen LogP contribution in [-0.4, -0.2) is 46.6 Å². The number of hydrogen-bond donors (Lipinski definition) is 0. The maximum absolute atomic E-state index is 4.66. The van der Waals surface area contributed by atoms with Crippen LogP contribution in [0.15, 0.2) is 18.3 Å². The van der Waals surface area contributed by atoms with Crippen LogP contribution in [0.3, 0.4) is 0 Å². The summed E-state index contributed by atoms with van der Waals surface area (Å²) in [4.78, 5) is 9.62. The molecule has 20 heavy (non-hydrogen) atoms. The molecule has 0 unspecified atom stereocenters. The molecule has 1 aromatic rings. The highest BCUT2D eigenvalue weighted by atomic mass is 32.2. The lowest BCUT2D eigenvalue weighted by Gasteiger charge is -2.34. The van der Waals surface area contributed by atoms with Crippen molar-refractivity contribution in [1.29, 1.82) is 0 Å². The van der Waals surface area contributed by atoms with E-state index in [2.05, 4.69) is 58.7 Å². The molecule has 2 aliphatic heterocycles. The molecule has 0 aromatic carbocycles. The highest BCUT2D eigenvalue weighted by Crippen LogP contribution is 2.26. The molecular weight excluding hydrogens is 266 g/mol. The van der Waals surface area contributed by atoms with Gasteiger partial charge in [0.2, 0.25) is 0 Å². The lowest BCUT2D eigenvalue weighted by molar-refractivity contribution is 0.262. The van der Waals surface area contributed by atoms with Crippen LogP contribution in [0.4, 0.5) is 5.82 Å². The van der Waals surface area contributed by atoms with Gasteiger partial charge in [-0.25, -0.2) is 4.98 Å². The van der Waals surface area contributed by atoms with Crippen molar-refractivity contribution in [2.24, 2.45) is 0 Å². The number of hydrogen-bond acceptors (Lipinski definition) is 4. The smallest absolute Gasteiger partial charge is 0.128 e. The van der Waals surface area contributed by atoms with Crippen LogP contribution in [0.2, 0.25) is 0 Å². The average molecular weight is 291 g/mol. The Bertz CT molecular complexity index is 418. The molecule has 1 aromatic heterocycles. The molecule has 2 aliphatic rings. The number of nitrogens with zero attached hydrogens (tertiary/aromatic N) is 3. The van der Waals surface area contributed by atoms with Crippen LogP contribution in [0.5, 0.6) is 0 Å². The zero-order valence-corrected chi connectivity index (χ0v) is 13.4. The maximum Gasteiger partial charge on any atom is 0.128 e. The summed E-state index contributed by atoms with van der Waals surface area (Å²) in [5, 5.41) is 1.49. The zero-order chi connectivity index (χ0) is 13.9. The van der Waals surface area contributed by atoms with Gasteiger partial charge in [-0.05, 0) is 24.5 Å². The summed E-state index contributed by atoms with van der Waals surface area (Å²) in [5.74, 6) is 1.15. The maximum atomic E-state index is 4.66. The van der Waals surface area contributed by atoms with Gasteiger partial charge in [-0.15, -0.1) is 0 Å². The first-order valence-electron chi connectivity index (χ1n) is 7.78. The first-order chi connectivity index (χ1) is 9.70. The standard InChI is InChI=1S/C16H25N3S/c1-13-10-18(11-14(2)20-13)12-15-5-6-16(17-9-15)19-7-3-4-8-19/h5-6,9,13-14H,3-4,7-8,10-12H2,1-2H3/t13-,14-/m1/s1. The molecule has 0 N–H and O–H groups in total. The fraction of sp³-hybridized carbons (Fsp3) is 0.688. The van der Waals surface area contributed by atoms with Crippen molar-refractivity contribution in [2.45, 2.75) is 43.7 Å². The van der Waals surface area contributed by atoms with E-state index in [1.165, 1.54) is 44.6 Å². The van der Waals surface area contributed by atoms with Gasteiger partial charge >= 0.3 is 0 Å². The van der Waals surface area contributed by atoms with Crippen LogP contribution >= 0.6 is 11.8 Å². The molecule has 0 amide bonds. The van der Waals surface area contributed by atoms with Crippen molar-refractivity contribution in [3.05, 3.63) is 23.9 Å². The molecule has 2 atom stereocenters. The molecule has 0 radical (unpaired) electrons. The highest BCUT2D eigenvalue weighted by Gasteiger charge is 2.22. The molecular formula is C16H25N3S. The summed E-state index contributed by atoms with van der Waals surface area (Å²) in [6.45, 7) is 10.5. The molecule has 0 spiro atoms. The number of rotatable bonds is 3. The van der Waals surface area contributed by atoms with Gasteiger partial charge < -0.3 is 4.90 Å². The number of pyridine rings is 1. The molecule has 0 aliphatic carbocycles. The van der Waals surface area contributed by atoms with E-state index in [4.69, 9.17) is 0 Å². The molecule has 110 valence electrons. The SMILES string of the molecule is C[C@@H]1CN(Cc2ccc(N3CCCC3)nc2)C[C@@H](C)S1. The minimum absolute atomic E-state index is 0.746. The Morgan fingerprint density at radius 3 is 2.45 bits per heavy atom. The number of aromatic nitrogens is 1. The summed E-state index contributed by atoms with van der Waals surface area (Å²) in [5.41, 5.74) is 1.35. The molecule has 0 bridgehead atoms. The zero-order valence-electron chi connectivity index (χ0n) is 12.6. The average Bonchev–Trinajstić information content (AvgIpc) is 2.92. The van der Waals surface area contributed by atoms with Crippen molar-refractivity contribution in [1.82, 2.24) is 9.88 Å². The van der Waals surface area contributed by atoms with Crippen LogP contribution < -0.4 is 4.90 Å². The molecule has 2 fully saturated rings. The third kappa shape index (κ3) is 3.47. The quantitative estimate of drug-likeness (QED) is 0.852. The first kappa shape index (κ1) is 14.2. The first-order valence-corrected chi connectivity index (χ1v) is 8.72. The van der Waals surface area contributed by atoms with Crippen molar-refractivity contribution >= 4 is 17.6 Å². The largest absolute Gasteiger partial charge is 0.357 e. The van der Waals surface area contributed by atoms with E-state index in [0.717, 1.165) is 22.9 Å². The van der Waals surface area contributed by atoms with Gasteiger partial charge in [0, 0.05) is 49.4 Å². The van der Waals surface area contributed by atoms with Crippen molar-refractivity contribution in [3.63, 3.8) is 0 Å². The van der Waals surface area contributed by atoms with Gasteiger partial charge in [0.15, 0.2) is 0 Å². The second-order valence-corrected chi connectivity index (χ2v) is 8.05. The molecule has 3 heterocycles. The molecule has 3 rings (SSSR count). The lowest BCUT2D eigenvalue weighted by Crippen LogP contribution is -2.39. The lowest BCUT2D eigenvalue weighted by atomic mass is 10.2. The van der Waals surface area contributed by atoms with Gasteiger partial charge in [0.1, 0.15) is 5.82 Å². The van der Waals surface area contributed by atoms with E-state index in [0.29, 0.717) is 0 Å². The summed E-state index contributed by atoms with van der Waals surface area (Å²) in [6.07, 6.45) is 4.69. The van der Waals surface area contributed by atoms with Gasteiger partial charge in [-0.1, -0.05) is 19.9 Å². The van der Waals surface area contributed by atoms with Crippen LogP contribution in [0.25, 0.3) is 0 Å². The van der Waals surface area contributed by atoms with Gasteiger partial charge in [0.25, 0.3) is 0 Å². The Balaban J connectivity index is 1.60. The summed E-state index contributed by atoms with van der Waals surface area (Å²) < 4.78 is 0. The Morgan fingerprint density at radius 2 is 1.85 bits per heavy atom. The summed E-state index contributed by atoms with van der Waals surface area (Å²) >= 11 is 2.11. The second-order valence-electron chi connectivity index (χ2n) is 6.17. The predicted molar refractivity (Wildman–Crippen MR) is 87.5 cm³/mol. The number of anilines is 1. The third-order valence-electron chi connectivity index (χ3n) is 4.14. The number of thioether (sulfide) groups is 1. The topological polar surface area (TPSA) is 19.4 Å². The van der Waals surface area contributed by atoms with Crippen LogP contribution in [0, 0.1) is 0 Å². The molecule has 0 saturated carbocycles. The Morgan fingerprint density at radius 1 is 1.15 bits per heavy atom. The molecule has 2 saturated heterocycles. The second kappa shape index (κ2) is 6.35. The minimum Gasteiger partial charge on any atom is -0.357 e. The molecule has 4 heteroatoms. The highest BCUT2D eigenvalue weighted by molar-refractivity contribution is 8.00. The van der Waals surface area contributed by atoms with Crippen molar-refractivity contribution < 1.29 is 0 Å². The Kier molecular flexibility index (Phi) is 4.51. The molecule has 3 nitrogen and oxygen atoms in total. The van der Waals surface area contributed by atoms with Crippen molar-refractivity contribution in [2.75, 3.05) is 31.1 Å². The van der Waals surface area contributed by atoms with E-state index < -0.39 is 0 Å². The van der Waals surface area contributed by atoms with E-state index in [1.54, 1.807) is 0 Å². The predicted octanol–water partition coefficient (Wildman–Crippen LogP) is 3.01. The van der Waals surface area contributed by atoms with E-state index in [-0.39, 0.29) is 0 Å². The summed E-state index contributed by atoms with van der Waals surface area (Å²) in [6, 6.07) is 4.46. The van der Waals surface area contributed by atoms with Gasteiger partial charge in [0.05, 0.1) is 0 Å². The fourth-order valence-electron chi connectivity index (χ4n) is 3.32. The van der Waals surface area contributed by atoms with E-state index in [9.17, 15) is 0 Å². The van der Waals surface area contributed by atoms with Crippen LogP contribution in [-0.2, 0) is 6.54 Å².